The molecule has 1 amide bonds. The van der Waals surface area contributed by atoms with Gasteiger partial charge in [-0.3, -0.25) is 4.57 Å². The van der Waals surface area contributed by atoms with Gasteiger partial charge in [0.1, 0.15) is 11.6 Å². The number of rotatable bonds is 10. The molecule has 1 rings (SSSR count). The van der Waals surface area contributed by atoms with Gasteiger partial charge in [-0.2, -0.15) is 8.78 Å². The van der Waals surface area contributed by atoms with Crippen LogP contribution in [0.5, 0.6) is 0 Å². The molecule has 2 N–H and O–H groups in total. The van der Waals surface area contributed by atoms with Crippen LogP contribution >= 0.6 is 7.60 Å². The number of carbonyl (C=O) groups is 2. The lowest BCUT2D eigenvalue weighted by Gasteiger charge is -2.26. The van der Waals surface area contributed by atoms with Crippen LogP contribution in [0.4, 0.5) is 13.6 Å². The average Bonchev–Trinajstić information content (AvgIpc) is 2.60. The van der Waals surface area contributed by atoms with Crippen molar-refractivity contribution in [3.63, 3.8) is 0 Å². The highest BCUT2D eigenvalue weighted by Gasteiger charge is 2.54. The Morgan fingerprint density at radius 1 is 1.10 bits per heavy atom. The van der Waals surface area contributed by atoms with E-state index >= 15 is 0 Å². The number of carboxylic acids is 1. The Morgan fingerprint density at radius 2 is 1.60 bits per heavy atom. The number of aliphatic carboxylic acids is 1. The van der Waals surface area contributed by atoms with Crippen molar-refractivity contribution in [2.45, 2.75) is 58.3 Å². The molecular weight excluding hydrogens is 423 g/mol. The standard InChI is InChI=1S/C19H28F2NO7P/c1-6-27-30(26,28-7-2)19(20,21)14-10-8-13(9-11-14)12-15(16(23)24)22-17(25)29-18(3,4)5/h8-11,15H,6-7,12H2,1-5H3,(H,22,25)(H,23,24)/t15-/m0/s1. The first-order chi connectivity index (χ1) is 13.8. The van der Waals surface area contributed by atoms with E-state index in [9.17, 15) is 28.0 Å². The quantitative estimate of drug-likeness (QED) is 0.503. The smallest absolute Gasteiger partial charge is 0.408 e. The van der Waals surface area contributed by atoms with Crippen LogP contribution in [-0.2, 0) is 35.2 Å². The molecule has 170 valence electrons. The van der Waals surface area contributed by atoms with E-state index in [1.165, 1.54) is 26.0 Å². The largest absolute Gasteiger partial charge is 0.480 e. The van der Waals surface area contributed by atoms with E-state index in [4.69, 9.17) is 13.8 Å². The van der Waals surface area contributed by atoms with Crippen LogP contribution in [0, 0.1) is 0 Å². The van der Waals surface area contributed by atoms with Crippen molar-refractivity contribution in [1.82, 2.24) is 5.32 Å². The molecule has 0 saturated carbocycles. The molecule has 0 fully saturated rings. The minimum atomic E-state index is -4.74. The molecule has 30 heavy (non-hydrogen) atoms. The number of benzene rings is 1. The second kappa shape index (κ2) is 10.3. The molecule has 0 spiro atoms. The lowest BCUT2D eigenvalue weighted by molar-refractivity contribution is -0.139. The third-order valence-corrected chi connectivity index (χ3v) is 5.81. The van der Waals surface area contributed by atoms with Gasteiger partial charge in [0.05, 0.1) is 13.2 Å². The molecule has 11 heteroatoms. The zero-order chi connectivity index (χ0) is 23.2. The van der Waals surface area contributed by atoms with E-state index < -0.39 is 42.5 Å². The van der Waals surface area contributed by atoms with Gasteiger partial charge in [-0.25, -0.2) is 9.59 Å². The fraction of sp³-hybridized carbons (Fsp3) is 0.579. The van der Waals surface area contributed by atoms with Crippen molar-refractivity contribution in [2.75, 3.05) is 13.2 Å². The Morgan fingerprint density at radius 3 is 2.00 bits per heavy atom. The van der Waals surface area contributed by atoms with Gasteiger partial charge >= 0.3 is 25.3 Å². The monoisotopic (exact) mass is 451 g/mol. The maximum Gasteiger partial charge on any atom is 0.408 e. The van der Waals surface area contributed by atoms with Gasteiger partial charge in [0, 0.05) is 12.0 Å². The summed E-state index contributed by atoms with van der Waals surface area (Å²) < 4.78 is 56.5. The first-order valence-corrected chi connectivity index (χ1v) is 10.9. The minimum Gasteiger partial charge on any atom is -0.480 e. The van der Waals surface area contributed by atoms with Gasteiger partial charge in [0.25, 0.3) is 0 Å². The molecule has 0 aliphatic heterocycles. The predicted octanol–water partition coefficient (Wildman–Crippen LogP) is 4.52. The molecule has 0 radical (unpaired) electrons. The summed E-state index contributed by atoms with van der Waals surface area (Å²) >= 11 is 0. The molecule has 0 saturated heterocycles. The second-order valence-corrected chi connectivity index (χ2v) is 9.39. The van der Waals surface area contributed by atoms with E-state index in [1.807, 2.05) is 0 Å². The Hall–Kier alpha value is -2.03. The molecule has 1 aromatic rings. The Kier molecular flexibility index (Phi) is 8.95. The fourth-order valence-electron chi connectivity index (χ4n) is 2.42. The van der Waals surface area contributed by atoms with Crippen LogP contribution in [-0.4, -0.2) is 42.0 Å². The molecular formula is C19H28F2NO7P. The molecule has 0 aliphatic rings. The molecule has 0 aromatic heterocycles. The average molecular weight is 451 g/mol. The van der Waals surface area contributed by atoms with Crippen molar-refractivity contribution in [1.29, 1.82) is 0 Å². The number of nitrogens with one attached hydrogen (secondary N) is 1. The summed E-state index contributed by atoms with van der Waals surface area (Å²) in [6.07, 6.45) is -1.08. The van der Waals surface area contributed by atoms with Gasteiger partial charge in [-0.15, -0.1) is 0 Å². The van der Waals surface area contributed by atoms with Crippen LogP contribution < -0.4 is 5.32 Å². The van der Waals surface area contributed by atoms with Crippen molar-refractivity contribution in [3.05, 3.63) is 35.4 Å². The summed E-state index contributed by atoms with van der Waals surface area (Å²) in [4.78, 5) is 23.3. The number of hydrogen-bond acceptors (Lipinski definition) is 6. The summed E-state index contributed by atoms with van der Waals surface area (Å²) in [6, 6.07) is 3.24. The van der Waals surface area contributed by atoms with E-state index in [-0.39, 0.29) is 19.6 Å². The summed E-state index contributed by atoms with van der Waals surface area (Å²) in [7, 11) is -4.74. The number of alkyl halides is 2. The number of amides is 1. The summed E-state index contributed by atoms with van der Waals surface area (Å²) in [6.45, 7) is 7.30. The van der Waals surface area contributed by atoms with Gasteiger partial charge in [0.2, 0.25) is 0 Å². The van der Waals surface area contributed by atoms with Crippen LogP contribution in [0.2, 0.25) is 0 Å². The van der Waals surface area contributed by atoms with Crippen LogP contribution in [0.3, 0.4) is 0 Å². The number of alkyl carbamates (subject to hydrolysis) is 1. The maximum absolute atomic E-state index is 14.7. The normalized spacial score (nSPS) is 13.6. The van der Waals surface area contributed by atoms with Gasteiger partial charge in [0.15, 0.2) is 0 Å². The topological polar surface area (TPSA) is 111 Å². The number of ether oxygens (including phenoxy) is 1. The minimum absolute atomic E-state index is 0.172. The summed E-state index contributed by atoms with van der Waals surface area (Å²) in [5, 5.41) is 11.6. The number of carbonyl (C=O) groups excluding carboxylic acids is 1. The second-order valence-electron chi connectivity index (χ2n) is 7.31. The fourth-order valence-corrected chi connectivity index (χ4v) is 3.97. The SMILES string of the molecule is CCOP(=O)(OCC)C(F)(F)c1ccc(C[C@H](NC(=O)OC(C)(C)C)C(=O)O)cc1. The van der Waals surface area contributed by atoms with Gasteiger partial charge < -0.3 is 24.2 Å². The Balaban J connectivity index is 3.00. The summed E-state index contributed by atoms with van der Waals surface area (Å²) in [5.41, 5.74) is -4.93. The van der Waals surface area contributed by atoms with Crippen LogP contribution in [0.1, 0.15) is 45.7 Å². The highest BCUT2D eigenvalue weighted by molar-refractivity contribution is 7.54. The first kappa shape index (κ1) is 26.0. The number of hydrogen-bond donors (Lipinski definition) is 2. The van der Waals surface area contributed by atoms with E-state index in [0.29, 0.717) is 5.56 Å². The zero-order valence-electron chi connectivity index (χ0n) is 17.6. The molecule has 1 atom stereocenters. The molecule has 8 nitrogen and oxygen atoms in total. The van der Waals surface area contributed by atoms with Gasteiger partial charge in [-0.1, -0.05) is 24.3 Å². The highest BCUT2D eigenvalue weighted by atomic mass is 31.2. The summed E-state index contributed by atoms with van der Waals surface area (Å²) in [5.74, 6) is -1.31. The van der Waals surface area contributed by atoms with Crippen molar-refractivity contribution >= 4 is 19.7 Å². The molecule has 0 unspecified atom stereocenters. The Bertz CT molecular complexity index is 768. The van der Waals surface area contributed by atoms with Crippen molar-refractivity contribution in [2.24, 2.45) is 0 Å². The lowest BCUT2D eigenvalue weighted by atomic mass is 10.0. The van der Waals surface area contributed by atoms with Crippen molar-refractivity contribution in [3.8, 4) is 0 Å². The van der Waals surface area contributed by atoms with E-state index in [2.05, 4.69) is 5.32 Å². The number of halogens is 2. The van der Waals surface area contributed by atoms with Crippen LogP contribution in [0.25, 0.3) is 0 Å². The van der Waals surface area contributed by atoms with Crippen molar-refractivity contribution < 1.29 is 41.8 Å². The molecule has 1 aromatic carbocycles. The van der Waals surface area contributed by atoms with Crippen LogP contribution in [0.15, 0.2) is 24.3 Å². The predicted molar refractivity (Wildman–Crippen MR) is 106 cm³/mol. The first-order valence-electron chi connectivity index (χ1n) is 9.34. The molecule has 0 aliphatic carbocycles. The van der Waals surface area contributed by atoms with E-state index in [1.54, 1.807) is 20.8 Å². The third-order valence-electron chi connectivity index (χ3n) is 3.67. The Labute approximate surface area is 174 Å². The lowest BCUT2D eigenvalue weighted by Crippen LogP contribution is -2.44. The highest BCUT2D eigenvalue weighted by Crippen LogP contribution is 2.66. The van der Waals surface area contributed by atoms with Gasteiger partial charge in [-0.05, 0) is 40.2 Å². The number of carboxylic acid groups (broad SMARTS) is 1. The molecule has 0 heterocycles. The third kappa shape index (κ3) is 7.04. The zero-order valence-corrected chi connectivity index (χ0v) is 18.5. The molecule has 0 bridgehead atoms. The maximum atomic E-state index is 14.7. The van der Waals surface area contributed by atoms with E-state index in [0.717, 1.165) is 12.1 Å².